The van der Waals surface area contributed by atoms with Crippen molar-refractivity contribution in [2.75, 3.05) is 32.8 Å². The Balaban J connectivity index is 0.00000352. The first kappa shape index (κ1) is 34.5. The number of rotatable bonds is 16. The molecular weight excluding hydrogens is 519 g/mol. The molecule has 0 saturated heterocycles. The molecule has 0 amide bonds. The topological polar surface area (TPSA) is 85.8 Å². The summed E-state index contributed by atoms with van der Waals surface area (Å²) in [6.07, 6.45) is 20.5. The summed E-state index contributed by atoms with van der Waals surface area (Å²) < 4.78 is 19.1. The van der Waals surface area contributed by atoms with Crippen LogP contribution >= 0.6 is 0 Å². The first-order valence-electron chi connectivity index (χ1n) is 14.8. The van der Waals surface area contributed by atoms with E-state index < -0.39 is 0 Å². The molecule has 0 fully saturated rings. The number of nitrogens with zero attached hydrogens (tertiary/aromatic N) is 2. The first-order chi connectivity index (χ1) is 18.7. The standard InChI is InChI=1S/C30H50N2O4.O.V/c1-2-3-4-5-6-7-8-9-10-11-12-13-14-15-16-20-32-21-23-35-29(33)25-27-18-17-19-28(31-27)26-30(34)36-24-22-32;;/h17-19H,2-16,20-26H2,1H3;;. The summed E-state index contributed by atoms with van der Waals surface area (Å²) in [5, 5.41) is 0. The number of cyclic esters (lactones) is 2. The molecule has 2 bridgehead atoms. The van der Waals surface area contributed by atoms with E-state index in [1.165, 1.54) is 89.9 Å². The number of carbonyl (C=O) groups is 2. The SMILES string of the molecule is CCCCCCCCCCCCCCCCCN1CCOC(=O)Cc2cccc(n2)CC(=O)OCC1.[O]=[V]. The maximum absolute atomic E-state index is 12.2. The van der Waals surface area contributed by atoms with Crippen LogP contribution in [-0.4, -0.2) is 54.7 Å². The fourth-order valence-electron chi connectivity index (χ4n) is 4.74. The molecule has 0 aromatic carbocycles. The summed E-state index contributed by atoms with van der Waals surface area (Å²) in [4.78, 5) is 30.9. The van der Waals surface area contributed by atoms with E-state index in [0.717, 1.165) is 30.3 Å². The van der Waals surface area contributed by atoms with Crippen molar-refractivity contribution in [2.24, 2.45) is 0 Å². The van der Waals surface area contributed by atoms with Gasteiger partial charge in [-0.15, -0.1) is 0 Å². The van der Waals surface area contributed by atoms with Gasteiger partial charge in [0.2, 0.25) is 0 Å². The molecule has 1 aromatic rings. The van der Waals surface area contributed by atoms with Gasteiger partial charge in [-0.2, -0.15) is 0 Å². The molecule has 2 rings (SSSR count). The molecule has 7 nitrogen and oxygen atoms in total. The molecule has 1 aromatic heterocycles. The molecular formula is C30H50N2O5V. The Hall–Kier alpha value is -1.57. The average Bonchev–Trinajstić information content (AvgIpc) is 2.91. The van der Waals surface area contributed by atoms with Crippen LogP contribution in [0.1, 0.15) is 115 Å². The molecule has 8 heteroatoms. The summed E-state index contributed by atoms with van der Waals surface area (Å²) in [6.45, 7) is 5.24. The third-order valence-electron chi connectivity index (χ3n) is 6.93. The Morgan fingerprint density at radius 3 is 1.50 bits per heavy atom. The Morgan fingerprint density at radius 2 is 1.08 bits per heavy atom. The molecule has 0 N–H and O–H groups in total. The second kappa shape index (κ2) is 24.5. The van der Waals surface area contributed by atoms with Crippen LogP contribution in [0, 0.1) is 0 Å². The normalized spacial score (nSPS) is 15.1. The average molecular weight is 570 g/mol. The number of hydrogen-bond donors (Lipinski definition) is 0. The molecule has 38 heavy (non-hydrogen) atoms. The van der Waals surface area contributed by atoms with Gasteiger partial charge in [0.25, 0.3) is 0 Å². The molecule has 0 saturated carbocycles. The predicted octanol–water partition coefficient (Wildman–Crippen LogP) is 6.32. The van der Waals surface area contributed by atoms with Crippen LogP contribution in [0.3, 0.4) is 0 Å². The fourth-order valence-corrected chi connectivity index (χ4v) is 4.74. The third kappa shape index (κ3) is 18.6. The predicted molar refractivity (Wildman–Crippen MR) is 146 cm³/mol. The van der Waals surface area contributed by atoms with Gasteiger partial charge in [0.15, 0.2) is 0 Å². The Kier molecular flexibility index (Phi) is 22.2. The molecule has 1 aliphatic rings. The van der Waals surface area contributed by atoms with E-state index in [2.05, 4.69) is 16.8 Å². The van der Waals surface area contributed by atoms with Crippen molar-refractivity contribution < 1.29 is 40.1 Å². The molecule has 2 heterocycles. The van der Waals surface area contributed by atoms with Crippen LogP contribution in [0.2, 0.25) is 0 Å². The first-order valence-corrected chi connectivity index (χ1v) is 15.4. The van der Waals surface area contributed by atoms with Gasteiger partial charge in [-0.3, -0.25) is 19.5 Å². The van der Waals surface area contributed by atoms with Gasteiger partial charge in [-0.05, 0) is 25.1 Å². The van der Waals surface area contributed by atoms with E-state index in [4.69, 9.17) is 13.1 Å². The van der Waals surface area contributed by atoms with Gasteiger partial charge in [0.05, 0.1) is 24.2 Å². The van der Waals surface area contributed by atoms with Gasteiger partial charge in [-0.25, -0.2) is 0 Å². The molecule has 0 radical (unpaired) electrons. The van der Waals surface area contributed by atoms with Crippen molar-refractivity contribution in [3.63, 3.8) is 0 Å². The van der Waals surface area contributed by atoms with Crippen molar-refractivity contribution >= 4 is 11.9 Å². The van der Waals surface area contributed by atoms with E-state index in [1.807, 2.05) is 6.07 Å². The van der Waals surface area contributed by atoms with Crippen LogP contribution in [-0.2, 0) is 52.9 Å². The second-order valence-electron chi connectivity index (χ2n) is 10.2. The number of ether oxygens (including phenoxy) is 2. The number of esters is 2. The van der Waals surface area contributed by atoms with Gasteiger partial charge >= 0.3 is 33.0 Å². The summed E-state index contributed by atoms with van der Waals surface area (Å²) in [5.74, 6) is -0.544. The molecule has 215 valence electrons. The second-order valence-corrected chi connectivity index (χ2v) is 10.2. The summed E-state index contributed by atoms with van der Waals surface area (Å²) in [7, 11) is 0. The monoisotopic (exact) mass is 569 g/mol. The fraction of sp³-hybridized carbons (Fsp3) is 0.767. The molecule has 0 aliphatic carbocycles. The zero-order chi connectivity index (χ0) is 27.7. The maximum atomic E-state index is 12.2. The van der Waals surface area contributed by atoms with Crippen LogP contribution in [0.5, 0.6) is 0 Å². The van der Waals surface area contributed by atoms with E-state index in [0.29, 0.717) is 37.7 Å². The van der Waals surface area contributed by atoms with Crippen LogP contribution in [0.15, 0.2) is 18.2 Å². The number of hydrogen-bond acceptors (Lipinski definition) is 7. The van der Waals surface area contributed by atoms with Crippen LogP contribution in [0.4, 0.5) is 0 Å². The van der Waals surface area contributed by atoms with Gasteiger partial charge in [0, 0.05) is 13.1 Å². The van der Waals surface area contributed by atoms with Gasteiger partial charge in [0.1, 0.15) is 13.2 Å². The zero-order valence-electron chi connectivity index (χ0n) is 23.7. The van der Waals surface area contributed by atoms with Crippen molar-refractivity contribution in [1.82, 2.24) is 9.88 Å². The molecule has 0 unspecified atom stereocenters. The number of fused-ring (bicyclic) bond motifs is 2. The van der Waals surface area contributed by atoms with Gasteiger partial charge in [-0.1, -0.05) is 103 Å². The summed E-state index contributed by atoms with van der Waals surface area (Å²) in [6, 6.07) is 5.37. The van der Waals surface area contributed by atoms with Crippen molar-refractivity contribution in [3.05, 3.63) is 29.6 Å². The van der Waals surface area contributed by atoms with E-state index in [9.17, 15) is 9.59 Å². The summed E-state index contributed by atoms with van der Waals surface area (Å²) >= 11 is 1.06. The molecule has 0 spiro atoms. The van der Waals surface area contributed by atoms with Crippen molar-refractivity contribution in [2.45, 2.75) is 116 Å². The zero-order valence-corrected chi connectivity index (χ0v) is 25.1. The van der Waals surface area contributed by atoms with Gasteiger partial charge < -0.3 is 9.47 Å². The van der Waals surface area contributed by atoms with E-state index in [-0.39, 0.29) is 24.8 Å². The number of pyridine rings is 1. The summed E-state index contributed by atoms with van der Waals surface area (Å²) in [5.41, 5.74) is 1.24. The molecule has 0 atom stereocenters. The number of unbranched alkanes of at least 4 members (excludes halogenated alkanes) is 14. The molecule has 1 aliphatic heterocycles. The van der Waals surface area contributed by atoms with Crippen LogP contribution in [0.25, 0.3) is 0 Å². The van der Waals surface area contributed by atoms with Crippen LogP contribution < -0.4 is 0 Å². The minimum atomic E-state index is -0.272. The third-order valence-corrected chi connectivity index (χ3v) is 6.93. The van der Waals surface area contributed by atoms with E-state index in [1.54, 1.807) is 12.1 Å². The Morgan fingerprint density at radius 1 is 0.684 bits per heavy atom. The quantitative estimate of drug-likeness (QED) is 0.170. The Bertz CT molecular complexity index is 710. The van der Waals surface area contributed by atoms with Crippen molar-refractivity contribution in [3.8, 4) is 0 Å². The Labute approximate surface area is 240 Å². The number of aromatic nitrogens is 1. The van der Waals surface area contributed by atoms with E-state index >= 15 is 0 Å². The van der Waals surface area contributed by atoms with Crippen molar-refractivity contribution in [1.29, 1.82) is 0 Å². The number of carbonyl (C=O) groups excluding carboxylic acids is 2. The minimum absolute atomic E-state index is 0.127.